The lowest BCUT2D eigenvalue weighted by atomic mass is 9.98. The number of halogens is 2. The Morgan fingerprint density at radius 1 is 1.36 bits per heavy atom. The van der Waals surface area contributed by atoms with Crippen LogP contribution in [-0.2, 0) is 6.42 Å². The SMILES string of the molecule is CN1CCc2c(ccc(F)c2F)C1=O. The van der Waals surface area contributed by atoms with Gasteiger partial charge in [-0.1, -0.05) is 0 Å². The van der Waals surface area contributed by atoms with E-state index in [1.54, 1.807) is 7.05 Å². The van der Waals surface area contributed by atoms with E-state index in [4.69, 9.17) is 0 Å². The second-order valence-corrected chi connectivity index (χ2v) is 3.36. The van der Waals surface area contributed by atoms with Crippen molar-refractivity contribution >= 4 is 5.91 Å². The van der Waals surface area contributed by atoms with Gasteiger partial charge in [-0.3, -0.25) is 4.79 Å². The molecule has 0 radical (unpaired) electrons. The maximum absolute atomic E-state index is 13.2. The topological polar surface area (TPSA) is 20.3 Å². The minimum Gasteiger partial charge on any atom is -0.341 e. The highest BCUT2D eigenvalue weighted by molar-refractivity contribution is 5.96. The van der Waals surface area contributed by atoms with Crippen LogP contribution in [0.25, 0.3) is 0 Å². The van der Waals surface area contributed by atoms with E-state index >= 15 is 0 Å². The van der Waals surface area contributed by atoms with Crippen molar-refractivity contribution in [2.24, 2.45) is 0 Å². The number of nitrogens with zero attached hydrogens (tertiary/aromatic N) is 1. The summed E-state index contributed by atoms with van der Waals surface area (Å²) < 4.78 is 26.1. The Morgan fingerprint density at radius 3 is 2.79 bits per heavy atom. The predicted octanol–water partition coefficient (Wildman–Crippen LogP) is 1.59. The first-order chi connectivity index (χ1) is 6.61. The zero-order valence-electron chi connectivity index (χ0n) is 7.68. The molecule has 1 heterocycles. The second kappa shape index (κ2) is 3.04. The van der Waals surface area contributed by atoms with Crippen LogP contribution in [0.2, 0.25) is 0 Å². The van der Waals surface area contributed by atoms with Crippen molar-refractivity contribution in [3.05, 3.63) is 34.9 Å². The van der Waals surface area contributed by atoms with Gasteiger partial charge in [-0.2, -0.15) is 0 Å². The third-order valence-electron chi connectivity index (χ3n) is 2.47. The Balaban J connectivity index is 2.59. The highest BCUT2D eigenvalue weighted by atomic mass is 19.2. The Hall–Kier alpha value is -1.45. The molecule has 4 heteroatoms. The first-order valence-electron chi connectivity index (χ1n) is 4.33. The first-order valence-corrected chi connectivity index (χ1v) is 4.33. The number of carbonyl (C=O) groups is 1. The molecule has 14 heavy (non-hydrogen) atoms. The summed E-state index contributed by atoms with van der Waals surface area (Å²) in [5, 5.41) is 0. The van der Waals surface area contributed by atoms with Crippen LogP contribution in [-0.4, -0.2) is 24.4 Å². The van der Waals surface area contributed by atoms with Gasteiger partial charge in [0.15, 0.2) is 11.6 Å². The molecule has 1 aliphatic rings. The Kier molecular flexibility index (Phi) is 1.98. The largest absolute Gasteiger partial charge is 0.341 e. The van der Waals surface area contributed by atoms with Gasteiger partial charge in [0.2, 0.25) is 0 Å². The third kappa shape index (κ3) is 1.18. The molecule has 1 aromatic rings. The van der Waals surface area contributed by atoms with E-state index < -0.39 is 11.6 Å². The van der Waals surface area contributed by atoms with Crippen LogP contribution in [0, 0.1) is 11.6 Å². The third-order valence-corrected chi connectivity index (χ3v) is 2.47. The maximum Gasteiger partial charge on any atom is 0.253 e. The van der Waals surface area contributed by atoms with Crippen molar-refractivity contribution < 1.29 is 13.6 Å². The van der Waals surface area contributed by atoms with Crippen LogP contribution < -0.4 is 0 Å². The van der Waals surface area contributed by atoms with E-state index in [0.29, 0.717) is 13.0 Å². The van der Waals surface area contributed by atoms with Crippen LogP contribution in [0.4, 0.5) is 8.78 Å². The summed E-state index contributed by atoms with van der Waals surface area (Å²) >= 11 is 0. The molecule has 0 spiro atoms. The van der Waals surface area contributed by atoms with Crippen molar-refractivity contribution in [2.75, 3.05) is 13.6 Å². The molecule has 1 aliphatic heterocycles. The lowest BCUT2D eigenvalue weighted by Gasteiger charge is -2.24. The van der Waals surface area contributed by atoms with Crippen molar-refractivity contribution in [3.8, 4) is 0 Å². The number of carbonyl (C=O) groups excluding carboxylic acids is 1. The molecule has 0 bridgehead atoms. The van der Waals surface area contributed by atoms with E-state index in [1.165, 1.54) is 11.0 Å². The summed E-state index contributed by atoms with van der Waals surface area (Å²) in [6, 6.07) is 2.33. The Labute approximate surface area is 80.1 Å². The van der Waals surface area contributed by atoms with Gasteiger partial charge < -0.3 is 4.90 Å². The van der Waals surface area contributed by atoms with Crippen LogP contribution in [0.15, 0.2) is 12.1 Å². The van der Waals surface area contributed by atoms with Gasteiger partial charge in [-0.25, -0.2) is 8.78 Å². The number of amides is 1. The van der Waals surface area contributed by atoms with Gasteiger partial charge in [-0.05, 0) is 18.6 Å². The molecule has 0 aromatic heterocycles. The fraction of sp³-hybridized carbons (Fsp3) is 0.300. The molecule has 2 nitrogen and oxygen atoms in total. The summed E-state index contributed by atoms with van der Waals surface area (Å²) in [5.41, 5.74) is 0.478. The highest BCUT2D eigenvalue weighted by Crippen LogP contribution is 2.22. The fourth-order valence-corrected chi connectivity index (χ4v) is 1.62. The molecule has 0 fully saturated rings. The number of hydrogen-bond donors (Lipinski definition) is 0. The minimum atomic E-state index is -0.888. The summed E-state index contributed by atoms with van der Waals surface area (Å²) in [4.78, 5) is 13.0. The van der Waals surface area contributed by atoms with E-state index in [9.17, 15) is 13.6 Å². The smallest absolute Gasteiger partial charge is 0.253 e. The molecule has 0 saturated carbocycles. The average molecular weight is 197 g/mol. The molecular formula is C10H9F2NO. The number of likely N-dealkylation sites (N-methyl/N-ethyl adjacent to an activating group) is 1. The van der Waals surface area contributed by atoms with Crippen molar-refractivity contribution in [1.29, 1.82) is 0 Å². The standard InChI is InChI=1S/C10H9F2NO/c1-13-5-4-6-7(10(13)14)2-3-8(11)9(6)12/h2-3H,4-5H2,1H3. The molecule has 0 saturated heterocycles. The van der Waals surface area contributed by atoms with Gasteiger partial charge in [0.1, 0.15) is 0 Å². The van der Waals surface area contributed by atoms with Crippen LogP contribution >= 0.6 is 0 Å². The molecule has 74 valence electrons. The Bertz CT molecular complexity index is 403. The van der Waals surface area contributed by atoms with Gasteiger partial charge in [0.25, 0.3) is 5.91 Å². The minimum absolute atomic E-state index is 0.202. The molecule has 1 aromatic carbocycles. The molecule has 2 rings (SSSR count). The van der Waals surface area contributed by atoms with Gasteiger partial charge in [0, 0.05) is 24.7 Å². The van der Waals surface area contributed by atoms with Gasteiger partial charge in [0.05, 0.1) is 0 Å². The van der Waals surface area contributed by atoms with E-state index in [1.807, 2.05) is 0 Å². The lowest BCUT2D eigenvalue weighted by molar-refractivity contribution is 0.0779. The normalized spacial score (nSPS) is 15.6. The number of benzene rings is 1. The molecule has 0 N–H and O–H groups in total. The predicted molar refractivity (Wildman–Crippen MR) is 47.0 cm³/mol. The zero-order valence-corrected chi connectivity index (χ0v) is 7.68. The summed E-state index contributed by atoms with van der Waals surface area (Å²) in [6.45, 7) is 0.437. The van der Waals surface area contributed by atoms with Gasteiger partial charge in [-0.15, -0.1) is 0 Å². The molecule has 0 aliphatic carbocycles. The van der Waals surface area contributed by atoms with E-state index in [2.05, 4.69) is 0 Å². The first kappa shape index (κ1) is 9.12. The molecule has 0 atom stereocenters. The van der Waals surface area contributed by atoms with Crippen LogP contribution in [0.3, 0.4) is 0 Å². The van der Waals surface area contributed by atoms with Crippen molar-refractivity contribution in [3.63, 3.8) is 0 Å². The average Bonchev–Trinajstić information content (AvgIpc) is 2.17. The Morgan fingerprint density at radius 2 is 2.07 bits per heavy atom. The fourth-order valence-electron chi connectivity index (χ4n) is 1.62. The highest BCUT2D eigenvalue weighted by Gasteiger charge is 2.25. The molecule has 1 amide bonds. The van der Waals surface area contributed by atoms with Crippen LogP contribution in [0.1, 0.15) is 15.9 Å². The van der Waals surface area contributed by atoms with E-state index in [-0.39, 0.29) is 17.0 Å². The van der Waals surface area contributed by atoms with E-state index in [0.717, 1.165) is 6.07 Å². The summed E-state index contributed by atoms with van der Waals surface area (Å²) in [5.74, 6) is -2.02. The molecule has 0 unspecified atom stereocenters. The summed E-state index contributed by atoms with van der Waals surface area (Å²) in [7, 11) is 1.65. The van der Waals surface area contributed by atoms with Crippen molar-refractivity contribution in [2.45, 2.75) is 6.42 Å². The number of fused-ring (bicyclic) bond motifs is 1. The summed E-state index contributed by atoms with van der Waals surface area (Å²) in [6.07, 6.45) is 0.376. The maximum atomic E-state index is 13.2. The number of rotatable bonds is 0. The number of hydrogen-bond acceptors (Lipinski definition) is 1. The van der Waals surface area contributed by atoms with Crippen molar-refractivity contribution in [1.82, 2.24) is 4.90 Å². The zero-order chi connectivity index (χ0) is 10.3. The molecular weight excluding hydrogens is 188 g/mol. The monoisotopic (exact) mass is 197 g/mol. The van der Waals surface area contributed by atoms with Crippen LogP contribution in [0.5, 0.6) is 0 Å². The lowest BCUT2D eigenvalue weighted by Crippen LogP contribution is -2.34. The quantitative estimate of drug-likeness (QED) is 0.618. The second-order valence-electron chi connectivity index (χ2n) is 3.36. The van der Waals surface area contributed by atoms with Gasteiger partial charge >= 0.3 is 0 Å².